The smallest absolute Gasteiger partial charge is 0.358 e. The molecule has 1 fully saturated rings. The Balaban J connectivity index is 2.11. The zero-order valence-electron chi connectivity index (χ0n) is 9.38. The third-order valence-corrected chi connectivity index (χ3v) is 3.66. The summed E-state index contributed by atoms with van der Waals surface area (Å²) < 4.78 is 2.78. The van der Waals surface area contributed by atoms with Gasteiger partial charge in [-0.25, -0.2) is 9.48 Å². The predicted octanol–water partition coefficient (Wildman–Crippen LogP) is 2.45. The molecule has 0 unspecified atom stereocenters. The van der Waals surface area contributed by atoms with E-state index in [0.29, 0.717) is 0 Å². The van der Waals surface area contributed by atoms with Crippen molar-refractivity contribution < 1.29 is 9.90 Å². The third-order valence-electron chi connectivity index (χ3n) is 2.94. The molecule has 1 saturated carbocycles. The van der Waals surface area contributed by atoms with Crippen molar-refractivity contribution in [2.75, 3.05) is 0 Å². The number of rotatable bonds is 3. The number of nitrogens with zero attached hydrogens (tertiary/aromatic N) is 3. The molecule has 0 saturated heterocycles. The Bertz CT molecular complexity index is 602. The van der Waals surface area contributed by atoms with Gasteiger partial charge >= 0.3 is 5.97 Å². The first kappa shape index (κ1) is 11.6. The average Bonchev–Trinajstić information content (AvgIpc) is 3.09. The van der Waals surface area contributed by atoms with Crippen molar-refractivity contribution in [2.45, 2.75) is 18.8 Å². The van der Waals surface area contributed by atoms with E-state index in [2.05, 4.69) is 32.9 Å². The zero-order chi connectivity index (χ0) is 12.7. The summed E-state index contributed by atoms with van der Waals surface area (Å²) in [5.74, 6) is -0.723. The van der Waals surface area contributed by atoms with E-state index in [4.69, 9.17) is 5.11 Å². The highest BCUT2D eigenvalue weighted by Gasteiger charge is 2.34. The summed E-state index contributed by atoms with van der Waals surface area (Å²) in [6.07, 6.45) is 2.02. The Kier molecular flexibility index (Phi) is 2.81. The fourth-order valence-corrected chi connectivity index (χ4v) is 2.30. The van der Waals surface area contributed by atoms with Crippen LogP contribution in [0.4, 0.5) is 0 Å². The molecule has 1 aromatic heterocycles. The van der Waals surface area contributed by atoms with Crippen LogP contribution < -0.4 is 0 Å². The molecule has 18 heavy (non-hydrogen) atoms. The first-order chi connectivity index (χ1) is 8.66. The molecular formula is C12H10IN3O2. The second-order valence-electron chi connectivity index (χ2n) is 4.29. The van der Waals surface area contributed by atoms with Gasteiger partial charge in [0.25, 0.3) is 0 Å². The molecule has 92 valence electrons. The topological polar surface area (TPSA) is 68.0 Å². The van der Waals surface area contributed by atoms with E-state index in [9.17, 15) is 4.79 Å². The minimum Gasteiger partial charge on any atom is -0.476 e. The summed E-state index contributed by atoms with van der Waals surface area (Å²) in [5, 5.41) is 16.9. The minimum atomic E-state index is -1.01. The van der Waals surface area contributed by atoms with Crippen LogP contribution in [0.15, 0.2) is 24.3 Å². The molecular weight excluding hydrogens is 345 g/mol. The van der Waals surface area contributed by atoms with Gasteiger partial charge in [0, 0.05) is 9.49 Å². The van der Waals surface area contributed by atoms with Gasteiger partial charge in [0.1, 0.15) is 0 Å². The maximum Gasteiger partial charge on any atom is 0.358 e. The van der Waals surface area contributed by atoms with Crippen LogP contribution in [-0.2, 0) is 0 Å². The van der Waals surface area contributed by atoms with Gasteiger partial charge in [0.05, 0.1) is 11.4 Å². The van der Waals surface area contributed by atoms with Crippen molar-refractivity contribution in [3.63, 3.8) is 0 Å². The van der Waals surface area contributed by atoms with E-state index >= 15 is 0 Å². The van der Waals surface area contributed by atoms with E-state index in [0.717, 1.165) is 27.8 Å². The summed E-state index contributed by atoms with van der Waals surface area (Å²) in [4.78, 5) is 11.1. The highest BCUT2D eigenvalue weighted by Crippen LogP contribution is 2.41. The van der Waals surface area contributed by atoms with Crippen molar-refractivity contribution in [1.82, 2.24) is 15.0 Å². The number of hydrogen-bond acceptors (Lipinski definition) is 3. The van der Waals surface area contributed by atoms with Crippen LogP contribution in [0.5, 0.6) is 0 Å². The van der Waals surface area contributed by atoms with E-state index in [1.54, 1.807) is 4.68 Å². The van der Waals surface area contributed by atoms with E-state index in [1.807, 2.05) is 24.3 Å². The minimum absolute atomic E-state index is 0.0797. The Morgan fingerprint density at radius 3 is 2.56 bits per heavy atom. The van der Waals surface area contributed by atoms with Gasteiger partial charge in [0.15, 0.2) is 5.69 Å². The first-order valence-corrected chi connectivity index (χ1v) is 6.69. The number of aromatic nitrogens is 3. The molecule has 0 radical (unpaired) electrons. The molecule has 6 heteroatoms. The van der Waals surface area contributed by atoms with Crippen LogP contribution in [0.1, 0.15) is 34.9 Å². The van der Waals surface area contributed by atoms with Crippen molar-refractivity contribution >= 4 is 28.6 Å². The molecule has 5 nitrogen and oxygen atoms in total. The van der Waals surface area contributed by atoms with E-state index in [1.165, 1.54) is 0 Å². The van der Waals surface area contributed by atoms with Crippen LogP contribution >= 0.6 is 22.6 Å². The lowest BCUT2D eigenvalue weighted by molar-refractivity contribution is 0.0689. The number of carboxylic acids is 1. The molecule has 2 aromatic rings. The average molecular weight is 355 g/mol. The SMILES string of the molecule is O=C(O)c1nnn(-c2ccc(I)cc2)c1C1CC1. The van der Waals surface area contributed by atoms with Gasteiger partial charge in [-0.05, 0) is 59.7 Å². The van der Waals surface area contributed by atoms with Gasteiger partial charge < -0.3 is 5.11 Å². The van der Waals surface area contributed by atoms with Crippen LogP contribution in [0.2, 0.25) is 0 Å². The highest BCUT2D eigenvalue weighted by atomic mass is 127. The molecule has 0 bridgehead atoms. The number of aromatic carboxylic acids is 1. The molecule has 1 aliphatic rings. The molecule has 0 atom stereocenters. The number of carbonyl (C=O) groups is 1. The van der Waals surface area contributed by atoms with Gasteiger partial charge in [-0.15, -0.1) is 5.10 Å². The quantitative estimate of drug-likeness (QED) is 0.859. The second-order valence-corrected chi connectivity index (χ2v) is 5.54. The number of benzene rings is 1. The van der Waals surface area contributed by atoms with Gasteiger partial charge in [-0.1, -0.05) is 5.21 Å². The van der Waals surface area contributed by atoms with E-state index in [-0.39, 0.29) is 11.6 Å². The van der Waals surface area contributed by atoms with Crippen LogP contribution in [0.3, 0.4) is 0 Å². The predicted molar refractivity (Wildman–Crippen MR) is 73.0 cm³/mol. The fourth-order valence-electron chi connectivity index (χ4n) is 1.94. The normalized spacial score (nSPS) is 14.7. The largest absolute Gasteiger partial charge is 0.476 e. The van der Waals surface area contributed by atoms with Gasteiger partial charge in [-0.2, -0.15) is 0 Å². The van der Waals surface area contributed by atoms with Crippen LogP contribution in [0.25, 0.3) is 5.69 Å². The van der Waals surface area contributed by atoms with Crippen molar-refractivity contribution in [1.29, 1.82) is 0 Å². The molecule has 3 rings (SSSR count). The highest BCUT2D eigenvalue weighted by molar-refractivity contribution is 14.1. The maximum absolute atomic E-state index is 11.1. The molecule has 1 aromatic carbocycles. The summed E-state index contributed by atoms with van der Waals surface area (Å²) in [6.45, 7) is 0. The summed E-state index contributed by atoms with van der Waals surface area (Å²) in [6, 6.07) is 7.78. The maximum atomic E-state index is 11.1. The Hall–Kier alpha value is -1.44. The fraction of sp³-hybridized carbons (Fsp3) is 0.250. The first-order valence-electron chi connectivity index (χ1n) is 5.61. The summed E-state index contributed by atoms with van der Waals surface area (Å²) in [7, 11) is 0. The molecule has 1 N–H and O–H groups in total. The van der Waals surface area contributed by atoms with Gasteiger partial charge in [-0.3, -0.25) is 0 Å². The monoisotopic (exact) mass is 355 g/mol. The lowest BCUT2D eigenvalue weighted by Gasteiger charge is -2.05. The molecule has 1 aliphatic carbocycles. The Morgan fingerprint density at radius 1 is 1.33 bits per heavy atom. The van der Waals surface area contributed by atoms with Crippen molar-refractivity contribution in [2.24, 2.45) is 0 Å². The van der Waals surface area contributed by atoms with Crippen molar-refractivity contribution in [3.8, 4) is 5.69 Å². The lowest BCUT2D eigenvalue weighted by atomic mass is 10.2. The molecule has 0 aliphatic heterocycles. The van der Waals surface area contributed by atoms with Crippen LogP contribution in [0, 0.1) is 3.57 Å². The Labute approximate surface area is 117 Å². The Morgan fingerprint density at radius 2 is 2.00 bits per heavy atom. The van der Waals surface area contributed by atoms with Crippen LogP contribution in [-0.4, -0.2) is 26.1 Å². The molecule has 0 spiro atoms. The van der Waals surface area contributed by atoms with Crippen molar-refractivity contribution in [3.05, 3.63) is 39.2 Å². The summed E-state index contributed by atoms with van der Waals surface area (Å²) in [5.41, 5.74) is 1.66. The molecule has 1 heterocycles. The second kappa shape index (κ2) is 4.34. The number of halogens is 1. The number of hydrogen-bond donors (Lipinski definition) is 1. The standard InChI is InChI=1S/C12H10IN3O2/c13-8-3-5-9(6-4-8)16-11(7-1-2-7)10(12(17)18)14-15-16/h3-7H,1-2H2,(H,17,18). The number of carboxylic acid groups (broad SMARTS) is 1. The lowest BCUT2D eigenvalue weighted by Crippen LogP contribution is -2.05. The van der Waals surface area contributed by atoms with Gasteiger partial charge in [0.2, 0.25) is 0 Å². The molecule has 0 amide bonds. The summed E-state index contributed by atoms with van der Waals surface area (Å²) >= 11 is 2.23. The van der Waals surface area contributed by atoms with E-state index < -0.39 is 5.97 Å². The zero-order valence-corrected chi connectivity index (χ0v) is 11.5. The third kappa shape index (κ3) is 2.00.